The van der Waals surface area contributed by atoms with Crippen molar-refractivity contribution in [2.24, 2.45) is 29.1 Å². The zero-order valence-electron chi connectivity index (χ0n) is 59.8. The molecule has 1 saturated heterocycles. The molecule has 101 heavy (non-hydrogen) atoms. The number of ketones is 2. The Morgan fingerprint density at radius 2 is 1.40 bits per heavy atom. The predicted molar refractivity (Wildman–Crippen MR) is 381 cm³/mol. The topological polar surface area (TPSA) is 352 Å². The number of epoxide rings is 1. The van der Waals surface area contributed by atoms with E-state index >= 15 is 0 Å². The van der Waals surface area contributed by atoms with Crippen molar-refractivity contribution in [2.45, 2.75) is 206 Å². The second-order valence-electron chi connectivity index (χ2n) is 28.9. The van der Waals surface area contributed by atoms with Crippen LogP contribution in [0.25, 0.3) is 0 Å². The van der Waals surface area contributed by atoms with E-state index in [9.17, 15) is 63.6 Å². The van der Waals surface area contributed by atoms with Gasteiger partial charge in [-0.15, -0.1) is 0 Å². The normalized spacial score (nSPS) is 20.9. The molecule has 0 aromatic heterocycles. The highest BCUT2D eigenvalue weighted by Gasteiger charge is 2.52. The van der Waals surface area contributed by atoms with Crippen LogP contribution in [0.15, 0.2) is 115 Å². The van der Waals surface area contributed by atoms with Gasteiger partial charge in [-0.2, -0.15) is 0 Å². The highest BCUT2D eigenvalue weighted by atomic mass is 35.5. The highest BCUT2D eigenvalue weighted by molar-refractivity contribution is 6.99. The molecular weight excluding hydrogens is 1340 g/mol. The molecule has 2 aliphatic rings. The van der Waals surface area contributed by atoms with Gasteiger partial charge in [0.25, 0.3) is 8.32 Å². The number of nitrogens with one attached hydrogen (secondary N) is 4. The van der Waals surface area contributed by atoms with E-state index in [2.05, 4.69) is 21.3 Å². The van der Waals surface area contributed by atoms with Crippen LogP contribution in [0.2, 0.25) is 10.1 Å². The van der Waals surface area contributed by atoms with Gasteiger partial charge in [0.2, 0.25) is 23.6 Å². The van der Waals surface area contributed by atoms with Crippen molar-refractivity contribution in [3.63, 3.8) is 0 Å². The largest absolute Gasteiger partial charge is 0.495 e. The van der Waals surface area contributed by atoms with E-state index in [0.717, 1.165) is 21.5 Å². The fraction of sp³-hybridized carbons (Fsp3) is 0.539. The minimum Gasteiger partial charge on any atom is -0.495 e. The van der Waals surface area contributed by atoms with Crippen molar-refractivity contribution in [1.82, 2.24) is 21.3 Å². The summed E-state index contributed by atoms with van der Waals surface area (Å²) in [6.07, 6.45) is -8.42. The summed E-state index contributed by atoms with van der Waals surface area (Å²) in [5.41, 5.74) is 0.818. The lowest BCUT2D eigenvalue weighted by atomic mass is 9.85. The maximum Gasteiger partial charge on any atom is 0.347 e. The molecule has 2 aliphatic heterocycles. The van der Waals surface area contributed by atoms with E-state index in [-0.39, 0.29) is 88.9 Å². The zero-order chi connectivity index (χ0) is 74.5. The Kier molecular flexibility index (Phi) is 31.0. The summed E-state index contributed by atoms with van der Waals surface area (Å²) in [6.45, 7) is 17.1. The number of hydrogen-bond acceptors (Lipinski definition) is 18. The van der Waals surface area contributed by atoms with Crippen molar-refractivity contribution in [3.05, 3.63) is 137 Å². The summed E-state index contributed by atoms with van der Waals surface area (Å²) in [6, 6.07) is 29.4. The number of carbonyl (C=O) groups excluding carboxylic acids is 8. The van der Waals surface area contributed by atoms with Crippen LogP contribution in [0.5, 0.6) is 5.75 Å². The van der Waals surface area contributed by atoms with E-state index in [1.807, 2.05) is 126 Å². The van der Waals surface area contributed by atoms with Crippen LogP contribution < -0.4 is 36.4 Å². The van der Waals surface area contributed by atoms with Crippen molar-refractivity contribution < 1.29 is 92.1 Å². The van der Waals surface area contributed by atoms with Gasteiger partial charge in [0.1, 0.15) is 48.1 Å². The van der Waals surface area contributed by atoms with Crippen molar-refractivity contribution in [1.29, 1.82) is 0 Å². The molecule has 12 atom stereocenters. The number of hydrogen-bond donors (Lipinski definition) is 9. The molecule has 0 unspecified atom stereocenters. The van der Waals surface area contributed by atoms with E-state index in [1.165, 1.54) is 19.3 Å². The number of aryl methyl sites for hydroxylation is 1. The first-order valence-corrected chi connectivity index (χ1v) is 37.0. The number of methoxy groups -OCH3 is 1. The van der Waals surface area contributed by atoms with Crippen molar-refractivity contribution >= 4 is 83.4 Å². The Morgan fingerprint density at radius 1 is 0.772 bits per heavy atom. The minimum atomic E-state index is -3.18. The Labute approximate surface area is 598 Å². The first-order valence-electron chi connectivity index (χ1n) is 34.7. The average Bonchev–Trinajstić information content (AvgIpc) is 1.39. The maximum absolute atomic E-state index is 14.3. The lowest BCUT2D eigenvalue weighted by Gasteiger charge is -2.43. The number of aliphatic hydroxyl groups excluding tert-OH is 4. The number of rotatable bonds is 34. The number of Topliss-reactive ketones (excluding diaryl/α,β-unsaturated/α-hetero) is 2. The third-order valence-electron chi connectivity index (χ3n) is 18.5. The summed E-state index contributed by atoms with van der Waals surface area (Å²) in [4.78, 5) is 121. The molecule has 4 aromatic rings. The average molecular weight is 1440 g/mol. The van der Waals surface area contributed by atoms with Gasteiger partial charge in [-0.3, -0.25) is 38.4 Å². The molecule has 0 bridgehead atoms. The molecule has 0 spiro atoms. The SMILES string of the molecule is COc1ccc(C[C@H]2NC(=O)/C=C/C[C@@H]([C@H](C)[C@H]3O[C@@H]3c3ccc(CCC(=O)[C@H](CCC(=O)NC[C@H](O)[C@@H](O)[C@H](O)[C@H](O)CO[Si](c4ccccc4)(c4ccccc4)C(C)(C)C)CC(=O)[C@@H](NC(=O)CCCC(=O)O)C(C)C)cc3)OC(=O)[C@H](CC(C)C)OC(=O)C(C)(C)CNC2=O)cc1Cl. The van der Waals surface area contributed by atoms with Crippen LogP contribution in [-0.2, 0) is 74.6 Å². The molecule has 4 aromatic carbocycles. The van der Waals surface area contributed by atoms with Crippen LogP contribution in [-0.4, -0.2) is 169 Å². The molecule has 1 fully saturated rings. The number of benzene rings is 4. The zero-order valence-corrected chi connectivity index (χ0v) is 61.5. The van der Waals surface area contributed by atoms with Gasteiger partial charge in [0.15, 0.2) is 11.9 Å². The third-order valence-corrected chi connectivity index (χ3v) is 23.8. The Hall–Kier alpha value is -7.68. The summed E-state index contributed by atoms with van der Waals surface area (Å²) < 4.78 is 30.3. The summed E-state index contributed by atoms with van der Waals surface area (Å²) in [5, 5.41) is 66.2. The van der Waals surface area contributed by atoms with Crippen LogP contribution in [0.1, 0.15) is 150 Å². The number of ether oxygens (including phenoxy) is 4. The fourth-order valence-corrected chi connectivity index (χ4v) is 17.3. The van der Waals surface area contributed by atoms with E-state index in [1.54, 1.807) is 45.9 Å². The molecule has 552 valence electrons. The number of amides is 4. The smallest absolute Gasteiger partial charge is 0.347 e. The van der Waals surface area contributed by atoms with E-state index in [0.29, 0.717) is 16.3 Å². The molecule has 2 heterocycles. The molecule has 25 heteroatoms. The van der Waals surface area contributed by atoms with Gasteiger partial charge in [-0.1, -0.05) is 164 Å². The second kappa shape index (κ2) is 38.0. The Morgan fingerprint density at radius 3 is 1.98 bits per heavy atom. The van der Waals surface area contributed by atoms with Gasteiger partial charge >= 0.3 is 17.9 Å². The fourth-order valence-electron chi connectivity index (χ4n) is 12.4. The first-order chi connectivity index (χ1) is 47.6. The van der Waals surface area contributed by atoms with Crippen LogP contribution >= 0.6 is 11.6 Å². The van der Waals surface area contributed by atoms with Gasteiger partial charge in [0, 0.05) is 69.9 Å². The molecule has 9 N–H and O–H groups in total. The summed E-state index contributed by atoms with van der Waals surface area (Å²) in [5.74, 6) is -7.44. The highest BCUT2D eigenvalue weighted by Crippen LogP contribution is 2.46. The number of halogens is 1. The molecule has 0 saturated carbocycles. The van der Waals surface area contributed by atoms with E-state index < -0.39 is 158 Å². The number of cyclic esters (lactones) is 2. The van der Waals surface area contributed by atoms with Gasteiger partial charge in [-0.25, -0.2) is 4.79 Å². The number of aliphatic hydroxyl groups is 4. The lowest BCUT2D eigenvalue weighted by Crippen LogP contribution is -2.67. The third kappa shape index (κ3) is 24.0. The summed E-state index contributed by atoms with van der Waals surface area (Å²) >= 11 is 6.41. The first kappa shape index (κ1) is 82.3. The molecular formula is C76H103ClN4O19Si. The Balaban J connectivity index is 1.12. The standard InChI is InChI=1S/C76H103ClN4O19Si/c1-45(2)38-62-73(94)98-60(24-18-25-64(87)80-55(40-49-31-36-61(96-11)54(77)39-49)72(93)79-44-76(9,10)74(95)99-62)47(5)70-71(100-70)50-32-28-48(29-33-50)30-35-56(82)51(41-57(83)67(46(3)4)81-65(88)26-19-27-66(89)90)34-37-63(86)78-42-58(84)68(91)69(92)59(85)43-97-101(75(6,7)8,52-20-14-12-15-21-52)53-22-16-13-17-23-53/h12-18,20-23,25,28-29,31-33,36,39,45-47,51,55,58-60,62,67-71,84-85,91-92H,19,24,26-27,30,34-35,37-38,40-44H2,1-11H3,(H,78,86)(H,79,93)(H,80,87)(H,81,88)(H,89,90)/b25-18+/t47-,51+,55+,58-,59+,60-,62-,67-,68+,69+,70+,71+/m0/s1. The molecule has 0 aliphatic carbocycles. The van der Waals surface area contributed by atoms with E-state index in [4.69, 9.17) is 40.1 Å². The van der Waals surface area contributed by atoms with Gasteiger partial charge in [0.05, 0.1) is 42.4 Å². The number of carbonyl (C=O) groups is 9. The Bertz CT molecular complexity index is 3440. The molecule has 4 amide bonds. The van der Waals surface area contributed by atoms with Gasteiger partial charge in [-0.05, 0) is 102 Å². The molecule has 0 radical (unpaired) electrons. The number of esters is 2. The molecule has 23 nitrogen and oxygen atoms in total. The van der Waals surface area contributed by atoms with Crippen LogP contribution in [0, 0.1) is 29.1 Å². The minimum absolute atomic E-state index is 0.0321. The summed E-state index contributed by atoms with van der Waals surface area (Å²) in [7, 11) is -1.71. The van der Waals surface area contributed by atoms with Crippen LogP contribution in [0.4, 0.5) is 0 Å². The van der Waals surface area contributed by atoms with Crippen molar-refractivity contribution in [2.75, 3.05) is 26.8 Å². The van der Waals surface area contributed by atoms with Gasteiger partial charge < -0.3 is 70.2 Å². The second-order valence-corrected chi connectivity index (χ2v) is 33.6. The lowest BCUT2D eigenvalue weighted by molar-refractivity contribution is -0.179. The quantitative estimate of drug-likeness (QED) is 0.0137. The number of carboxylic acids is 1. The van der Waals surface area contributed by atoms with Crippen molar-refractivity contribution in [3.8, 4) is 5.75 Å². The van der Waals surface area contributed by atoms with Crippen LogP contribution in [0.3, 0.4) is 0 Å². The number of carboxylic acid groups (broad SMARTS) is 1. The monoisotopic (exact) mass is 1440 g/mol. The maximum atomic E-state index is 14.3. The number of aliphatic carboxylic acids is 1. The molecule has 6 rings (SSSR count). The predicted octanol–water partition coefficient (Wildman–Crippen LogP) is 6.51.